The highest BCUT2D eigenvalue weighted by atomic mass is 35.5. The molecule has 0 unspecified atom stereocenters. The van der Waals surface area contributed by atoms with Gasteiger partial charge in [-0.3, -0.25) is 0 Å². The average molecular weight is 269 g/mol. The summed E-state index contributed by atoms with van der Waals surface area (Å²) >= 11 is 11.6. The summed E-state index contributed by atoms with van der Waals surface area (Å²) in [4.78, 5) is 0. The van der Waals surface area contributed by atoms with Crippen molar-refractivity contribution in [1.82, 2.24) is 0 Å². The van der Waals surface area contributed by atoms with E-state index in [9.17, 15) is 5.11 Å². The number of phenolic OH excluding ortho intramolecular Hbond substituents is 1. The lowest BCUT2D eigenvalue weighted by atomic mass is 10.2. The Kier molecular flexibility index (Phi) is 3.77. The van der Waals surface area contributed by atoms with Crippen LogP contribution in [0.3, 0.4) is 0 Å². The predicted molar refractivity (Wildman–Crippen MR) is 68.9 cm³/mol. The second kappa shape index (κ2) is 5.30. The zero-order valence-corrected chi connectivity index (χ0v) is 10.4. The van der Waals surface area contributed by atoms with E-state index in [1.165, 1.54) is 0 Å². The molecule has 2 nitrogen and oxygen atoms in total. The van der Waals surface area contributed by atoms with Gasteiger partial charge in [-0.05, 0) is 17.7 Å². The molecule has 0 saturated heterocycles. The maximum absolute atomic E-state index is 9.54. The van der Waals surface area contributed by atoms with Crippen molar-refractivity contribution in [2.45, 2.75) is 6.61 Å². The average Bonchev–Trinajstić information content (AvgIpc) is 2.36. The van der Waals surface area contributed by atoms with Crippen LogP contribution in [-0.4, -0.2) is 5.11 Å². The molecule has 0 aliphatic rings. The number of aromatic hydroxyl groups is 1. The van der Waals surface area contributed by atoms with Crippen LogP contribution in [0.15, 0.2) is 42.5 Å². The van der Waals surface area contributed by atoms with Crippen LogP contribution in [-0.2, 0) is 6.61 Å². The van der Waals surface area contributed by atoms with Crippen molar-refractivity contribution in [3.8, 4) is 11.5 Å². The summed E-state index contributed by atoms with van der Waals surface area (Å²) in [7, 11) is 0. The van der Waals surface area contributed by atoms with Gasteiger partial charge in [-0.2, -0.15) is 0 Å². The smallest absolute Gasteiger partial charge is 0.156 e. The van der Waals surface area contributed by atoms with Crippen LogP contribution in [0.25, 0.3) is 0 Å². The maximum Gasteiger partial charge on any atom is 0.156 e. The molecular formula is C13H10Cl2O2. The molecule has 1 N–H and O–H groups in total. The highest BCUT2D eigenvalue weighted by Gasteiger charge is 2.10. The minimum Gasteiger partial charge on any atom is -0.505 e. The van der Waals surface area contributed by atoms with Crippen molar-refractivity contribution < 1.29 is 9.84 Å². The van der Waals surface area contributed by atoms with Crippen LogP contribution in [0.5, 0.6) is 11.5 Å². The van der Waals surface area contributed by atoms with Gasteiger partial charge in [-0.1, -0.05) is 53.5 Å². The van der Waals surface area contributed by atoms with E-state index in [1.54, 1.807) is 12.1 Å². The van der Waals surface area contributed by atoms with Gasteiger partial charge < -0.3 is 9.84 Å². The third-order valence-corrected chi connectivity index (χ3v) is 2.94. The van der Waals surface area contributed by atoms with Crippen molar-refractivity contribution >= 4 is 23.2 Å². The lowest BCUT2D eigenvalue weighted by molar-refractivity contribution is 0.304. The van der Waals surface area contributed by atoms with Gasteiger partial charge in [0.1, 0.15) is 17.4 Å². The first-order valence-corrected chi connectivity index (χ1v) is 5.78. The molecule has 2 aromatic rings. The summed E-state index contributed by atoms with van der Waals surface area (Å²) in [6.45, 7) is 0.391. The first-order valence-electron chi connectivity index (χ1n) is 5.02. The summed E-state index contributed by atoms with van der Waals surface area (Å²) in [5, 5.41) is 9.88. The minimum absolute atomic E-state index is 0.133. The first-order chi connectivity index (χ1) is 8.18. The molecule has 0 saturated carbocycles. The zero-order valence-electron chi connectivity index (χ0n) is 8.86. The molecule has 0 aliphatic heterocycles. The van der Waals surface area contributed by atoms with E-state index in [1.807, 2.05) is 30.3 Å². The highest BCUT2D eigenvalue weighted by Crippen LogP contribution is 2.38. The summed E-state index contributed by atoms with van der Waals surface area (Å²) in [6.07, 6.45) is 0. The summed E-state index contributed by atoms with van der Waals surface area (Å²) < 4.78 is 5.51. The largest absolute Gasteiger partial charge is 0.505 e. The van der Waals surface area contributed by atoms with E-state index >= 15 is 0 Å². The van der Waals surface area contributed by atoms with Crippen molar-refractivity contribution in [3.05, 3.63) is 58.1 Å². The van der Waals surface area contributed by atoms with Crippen LogP contribution in [0, 0.1) is 0 Å². The van der Waals surface area contributed by atoms with Gasteiger partial charge in [0.05, 0.1) is 5.02 Å². The molecular weight excluding hydrogens is 259 g/mol. The van der Waals surface area contributed by atoms with E-state index < -0.39 is 0 Å². The fraction of sp³-hybridized carbons (Fsp3) is 0.0769. The molecule has 0 amide bonds. The molecule has 17 heavy (non-hydrogen) atoms. The predicted octanol–water partition coefficient (Wildman–Crippen LogP) is 4.28. The molecule has 0 atom stereocenters. The molecule has 4 heteroatoms. The molecule has 0 bridgehead atoms. The Hall–Kier alpha value is -1.38. The second-order valence-corrected chi connectivity index (χ2v) is 4.27. The van der Waals surface area contributed by atoms with Crippen LogP contribution < -0.4 is 4.74 Å². The van der Waals surface area contributed by atoms with Crippen LogP contribution in [0.2, 0.25) is 10.0 Å². The third-order valence-electron chi connectivity index (χ3n) is 2.27. The van der Waals surface area contributed by atoms with Crippen LogP contribution >= 0.6 is 23.2 Å². The zero-order chi connectivity index (χ0) is 12.3. The third kappa shape index (κ3) is 2.84. The standard InChI is InChI=1S/C13H10Cl2O2/c14-10-6-7-11(12(15)13(10)16)17-8-9-4-2-1-3-5-9/h1-7,16H,8H2. The molecule has 2 aromatic carbocycles. The molecule has 0 aromatic heterocycles. The van der Waals surface area contributed by atoms with Crippen molar-refractivity contribution in [2.75, 3.05) is 0 Å². The number of hydrogen-bond acceptors (Lipinski definition) is 2. The highest BCUT2D eigenvalue weighted by molar-refractivity contribution is 6.38. The molecule has 0 spiro atoms. The SMILES string of the molecule is Oc1c(Cl)ccc(OCc2ccccc2)c1Cl. The van der Waals surface area contributed by atoms with Gasteiger partial charge in [0, 0.05) is 0 Å². The Bertz CT molecular complexity index is 512. The van der Waals surface area contributed by atoms with Crippen molar-refractivity contribution in [3.63, 3.8) is 0 Å². The van der Waals surface area contributed by atoms with E-state index in [-0.39, 0.29) is 15.8 Å². The van der Waals surface area contributed by atoms with E-state index in [4.69, 9.17) is 27.9 Å². The number of phenols is 1. The summed E-state index contributed by atoms with van der Waals surface area (Å²) in [5.41, 5.74) is 1.03. The number of ether oxygens (including phenoxy) is 1. The van der Waals surface area contributed by atoms with Crippen molar-refractivity contribution in [1.29, 1.82) is 0 Å². The number of rotatable bonds is 3. The van der Waals surface area contributed by atoms with E-state index in [0.717, 1.165) is 5.56 Å². The normalized spacial score (nSPS) is 10.2. The van der Waals surface area contributed by atoms with E-state index in [2.05, 4.69) is 0 Å². The van der Waals surface area contributed by atoms with Crippen LogP contribution in [0.4, 0.5) is 0 Å². The van der Waals surface area contributed by atoms with Gasteiger partial charge >= 0.3 is 0 Å². The van der Waals surface area contributed by atoms with Gasteiger partial charge in [0.15, 0.2) is 5.75 Å². The Morgan fingerprint density at radius 3 is 2.41 bits per heavy atom. The number of benzene rings is 2. The lowest BCUT2D eigenvalue weighted by Crippen LogP contribution is -1.95. The Morgan fingerprint density at radius 2 is 1.71 bits per heavy atom. The molecule has 0 fully saturated rings. The first kappa shape index (κ1) is 12.1. The molecule has 0 aliphatic carbocycles. The molecule has 0 radical (unpaired) electrons. The topological polar surface area (TPSA) is 29.5 Å². The van der Waals surface area contributed by atoms with Crippen LogP contribution in [0.1, 0.15) is 5.56 Å². The Balaban J connectivity index is 2.13. The monoisotopic (exact) mass is 268 g/mol. The number of hydrogen-bond donors (Lipinski definition) is 1. The summed E-state index contributed by atoms with van der Waals surface area (Å²) in [5.74, 6) is 0.260. The van der Waals surface area contributed by atoms with Gasteiger partial charge in [0.2, 0.25) is 0 Å². The maximum atomic E-state index is 9.54. The fourth-order valence-corrected chi connectivity index (χ4v) is 1.79. The van der Waals surface area contributed by atoms with Crippen molar-refractivity contribution in [2.24, 2.45) is 0 Å². The lowest BCUT2D eigenvalue weighted by Gasteiger charge is -2.09. The molecule has 2 rings (SSSR count). The molecule has 0 heterocycles. The van der Waals surface area contributed by atoms with Gasteiger partial charge in [-0.25, -0.2) is 0 Å². The van der Waals surface area contributed by atoms with Gasteiger partial charge in [0.25, 0.3) is 0 Å². The van der Waals surface area contributed by atoms with E-state index in [0.29, 0.717) is 12.4 Å². The quantitative estimate of drug-likeness (QED) is 0.901. The fourth-order valence-electron chi connectivity index (χ4n) is 1.37. The van der Waals surface area contributed by atoms with Gasteiger partial charge in [-0.15, -0.1) is 0 Å². The Labute approximate surface area is 109 Å². The number of halogens is 2. The summed E-state index contributed by atoms with van der Waals surface area (Å²) in [6, 6.07) is 12.9. The second-order valence-electron chi connectivity index (χ2n) is 3.48. The Morgan fingerprint density at radius 1 is 1.00 bits per heavy atom. The minimum atomic E-state index is -0.154. The molecule has 88 valence electrons.